The summed E-state index contributed by atoms with van der Waals surface area (Å²) in [6, 6.07) is 10.4. The first kappa shape index (κ1) is 23.5. The number of hydrogen-bond acceptors (Lipinski definition) is 4. The van der Waals surface area contributed by atoms with Gasteiger partial charge in [-0.1, -0.05) is 35.7 Å². The number of unbranched alkanes of at least 4 members (excludes halogenated alkanes) is 2. The van der Waals surface area contributed by atoms with E-state index in [-0.39, 0.29) is 11.9 Å². The number of rotatable bonds is 6. The van der Waals surface area contributed by atoms with Crippen LogP contribution in [0.5, 0.6) is 0 Å². The molecule has 1 aliphatic carbocycles. The quantitative estimate of drug-likeness (QED) is 0.423. The van der Waals surface area contributed by atoms with Crippen LogP contribution in [0.4, 0.5) is 0 Å². The second-order valence-electron chi connectivity index (χ2n) is 8.81. The summed E-state index contributed by atoms with van der Waals surface area (Å²) < 4.78 is 4.66. The number of piperidine rings is 1. The Labute approximate surface area is 200 Å². The van der Waals surface area contributed by atoms with Gasteiger partial charge in [-0.3, -0.25) is 14.6 Å². The molecular weight excluding hydrogens is 436 g/mol. The normalized spacial score (nSPS) is 15.5. The maximum absolute atomic E-state index is 12.7. The van der Waals surface area contributed by atoms with Crippen molar-refractivity contribution in [1.29, 1.82) is 0 Å². The van der Waals surface area contributed by atoms with Gasteiger partial charge >= 0.3 is 5.97 Å². The molecule has 0 unspecified atom stereocenters. The van der Waals surface area contributed by atoms with Gasteiger partial charge in [0.2, 0.25) is 5.91 Å². The molecule has 0 saturated carbocycles. The number of carbonyl (C=O) groups excluding carboxylic acids is 2. The summed E-state index contributed by atoms with van der Waals surface area (Å²) in [5, 5.41) is 0.768. The zero-order chi connectivity index (χ0) is 23.2. The van der Waals surface area contributed by atoms with E-state index in [2.05, 4.69) is 22.9 Å². The molecule has 0 spiro atoms. The van der Waals surface area contributed by atoms with Gasteiger partial charge in [0, 0.05) is 42.7 Å². The molecule has 0 bridgehead atoms. The third-order valence-electron chi connectivity index (χ3n) is 6.70. The molecule has 5 nitrogen and oxygen atoms in total. The van der Waals surface area contributed by atoms with Gasteiger partial charge in [-0.15, -0.1) is 0 Å². The van der Waals surface area contributed by atoms with Gasteiger partial charge in [0.25, 0.3) is 0 Å². The Morgan fingerprint density at radius 3 is 2.55 bits per heavy atom. The minimum atomic E-state index is -0.184. The monoisotopic (exact) mass is 466 g/mol. The highest BCUT2D eigenvalue weighted by Crippen LogP contribution is 2.38. The lowest BCUT2D eigenvalue weighted by molar-refractivity contribution is -0.140. The molecule has 2 heterocycles. The smallest absolute Gasteiger partial charge is 0.305 e. The highest BCUT2D eigenvalue weighted by atomic mass is 35.5. The molecule has 33 heavy (non-hydrogen) atoms. The van der Waals surface area contributed by atoms with Crippen molar-refractivity contribution in [3.63, 3.8) is 0 Å². The van der Waals surface area contributed by atoms with Gasteiger partial charge in [0.15, 0.2) is 0 Å². The number of hydrogen-bond donors (Lipinski definition) is 0. The van der Waals surface area contributed by atoms with Crippen LogP contribution in [0, 0.1) is 0 Å². The molecule has 2 aromatic rings. The van der Waals surface area contributed by atoms with E-state index in [1.165, 1.54) is 34.9 Å². The number of ether oxygens (including phenoxy) is 1. The van der Waals surface area contributed by atoms with Crippen LogP contribution >= 0.6 is 11.6 Å². The van der Waals surface area contributed by atoms with Crippen molar-refractivity contribution < 1.29 is 14.3 Å². The minimum Gasteiger partial charge on any atom is -0.469 e. The molecule has 0 N–H and O–H groups in total. The molecule has 1 amide bonds. The van der Waals surface area contributed by atoms with Crippen molar-refractivity contribution in [2.24, 2.45) is 0 Å². The number of amides is 1. The number of halogens is 1. The predicted molar refractivity (Wildman–Crippen MR) is 130 cm³/mol. The third kappa shape index (κ3) is 5.64. The number of nitrogens with zero attached hydrogens (tertiary/aromatic N) is 2. The van der Waals surface area contributed by atoms with Crippen LogP contribution < -0.4 is 0 Å². The van der Waals surface area contributed by atoms with Crippen molar-refractivity contribution in [1.82, 2.24) is 9.88 Å². The fourth-order valence-electron chi connectivity index (χ4n) is 4.89. The third-order valence-corrected chi connectivity index (χ3v) is 6.94. The molecule has 1 aromatic heterocycles. The Morgan fingerprint density at radius 1 is 1.00 bits per heavy atom. The number of aryl methyl sites for hydroxylation is 2. The summed E-state index contributed by atoms with van der Waals surface area (Å²) in [5.74, 6) is 0.0278. The molecule has 174 valence electrons. The van der Waals surface area contributed by atoms with Crippen LogP contribution in [0.25, 0.3) is 5.57 Å². The lowest BCUT2D eigenvalue weighted by atomic mass is 9.88. The SMILES string of the molecule is COC(=O)CCCCCC(=O)N1CCC(=C2c3ccc(Cl)cc3CCc3cccnc32)CC1. The molecule has 1 aromatic carbocycles. The van der Waals surface area contributed by atoms with Crippen LogP contribution in [0.3, 0.4) is 0 Å². The number of carbonyl (C=O) groups is 2. The maximum Gasteiger partial charge on any atom is 0.305 e. The van der Waals surface area contributed by atoms with E-state index in [1.54, 1.807) is 0 Å². The Balaban J connectivity index is 1.45. The van der Waals surface area contributed by atoms with E-state index in [4.69, 9.17) is 16.6 Å². The van der Waals surface area contributed by atoms with E-state index in [9.17, 15) is 9.59 Å². The highest BCUT2D eigenvalue weighted by molar-refractivity contribution is 6.30. The van der Waals surface area contributed by atoms with Crippen LogP contribution in [0.1, 0.15) is 67.3 Å². The molecule has 1 fully saturated rings. The second-order valence-corrected chi connectivity index (χ2v) is 9.25. The van der Waals surface area contributed by atoms with Crippen LogP contribution in [0.15, 0.2) is 42.1 Å². The maximum atomic E-state index is 12.7. The van der Waals surface area contributed by atoms with Gasteiger partial charge in [0.05, 0.1) is 12.8 Å². The zero-order valence-electron chi connectivity index (χ0n) is 19.2. The van der Waals surface area contributed by atoms with Gasteiger partial charge in [0.1, 0.15) is 0 Å². The average molecular weight is 467 g/mol. The van der Waals surface area contributed by atoms with Gasteiger partial charge < -0.3 is 9.64 Å². The lowest BCUT2D eigenvalue weighted by Crippen LogP contribution is -2.36. The van der Waals surface area contributed by atoms with E-state index >= 15 is 0 Å². The van der Waals surface area contributed by atoms with Crippen molar-refractivity contribution in [3.8, 4) is 0 Å². The number of likely N-dealkylation sites (tertiary alicyclic amines) is 1. The largest absolute Gasteiger partial charge is 0.469 e. The lowest BCUT2D eigenvalue weighted by Gasteiger charge is -2.30. The Morgan fingerprint density at radius 2 is 1.76 bits per heavy atom. The number of pyridine rings is 1. The van der Waals surface area contributed by atoms with Crippen LogP contribution in [0.2, 0.25) is 5.02 Å². The van der Waals surface area contributed by atoms with E-state index in [0.717, 1.165) is 68.8 Å². The fourth-order valence-corrected chi connectivity index (χ4v) is 5.09. The molecule has 0 radical (unpaired) electrons. The number of fused-ring (bicyclic) bond motifs is 2. The summed E-state index contributed by atoms with van der Waals surface area (Å²) in [7, 11) is 1.41. The molecule has 1 saturated heterocycles. The van der Waals surface area contributed by atoms with Gasteiger partial charge in [-0.2, -0.15) is 0 Å². The van der Waals surface area contributed by atoms with Crippen molar-refractivity contribution in [2.75, 3.05) is 20.2 Å². The summed E-state index contributed by atoms with van der Waals surface area (Å²) >= 11 is 6.31. The molecule has 1 aliphatic heterocycles. The van der Waals surface area contributed by atoms with E-state index < -0.39 is 0 Å². The summed E-state index contributed by atoms with van der Waals surface area (Å²) in [6.07, 6.45) is 8.91. The van der Waals surface area contributed by atoms with Crippen LogP contribution in [-0.2, 0) is 27.2 Å². The van der Waals surface area contributed by atoms with Crippen molar-refractivity contribution >= 4 is 29.1 Å². The topological polar surface area (TPSA) is 59.5 Å². The minimum absolute atomic E-state index is 0.184. The van der Waals surface area contributed by atoms with E-state index in [0.29, 0.717) is 12.8 Å². The zero-order valence-corrected chi connectivity index (χ0v) is 20.0. The number of aromatic nitrogens is 1. The predicted octanol–water partition coefficient (Wildman–Crippen LogP) is 5.38. The second kappa shape index (κ2) is 11.0. The van der Waals surface area contributed by atoms with E-state index in [1.807, 2.05) is 23.2 Å². The first-order valence-corrected chi connectivity index (χ1v) is 12.2. The Bertz CT molecular complexity index is 1050. The number of methoxy groups -OCH3 is 1. The first-order valence-electron chi connectivity index (χ1n) is 11.9. The molecule has 2 aliphatic rings. The average Bonchev–Trinajstić information content (AvgIpc) is 3.00. The number of esters is 1. The fraction of sp³-hybridized carbons (Fsp3) is 0.444. The first-order chi connectivity index (χ1) is 16.1. The van der Waals surface area contributed by atoms with Gasteiger partial charge in [-0.05, 0) is 73.4 Å². The summed E-state index contributed by atoms with van der Waals surface area (Å²) in [4.78, 5) is 30.7. The highest BCUT2D eigenvalue weighted by Gasteiger charge is 2.26. The van der Waals surface area contributed by atoms with Crippen molar-refractivity contribution in [3.05, 3.63) is 69.5 Å². The molecule has 4 rings (SSSR count). The Hall–Kier alpha value is -2.66. The number of benzene rings is 1. The Kier molecular flexibility index (Phi) is 7.81. The van der Waals surface area contributed by atoms with Crippen molar-refractivity contribution in [2.45, 2.75) is 57.8 Å². The van der Waals surface area contributed by atoms with Gasteiger partial charge in [-0.25, -0.2) is 0 Å². The standard InChI is InChI=1S/C27H31ClN2O3/c1-33-25(32)8-4-2-3-7-24(31)30-16-13-19(14-17-30)26-23-12-11-22(28)18-21(23)10-9-20-6-5-15-29-27(20)26/h5-6,11-12,15,18H,2-4,7-10,13-14,16-17H2,1H3. The molecule has 6 heteroatoms. The summed E-state index contributed by atoms with van der Waals surface area (Å²) in [5.41, 5.74) is 7.48. The van der Waals surface area contributed by atoms with Crippen LogP contribution in [-0.4, -0.2) is 42.0 Å². The molecular formula is C27H31ClN2O3. The molecule has 0 atom stereocenters. The summed E-state index contributed by atoms with van der Waals surface area (Å²) in [6.45, 7) is 1.48.